The predicted molar refractivity (Wildman–Crippen MR) is 85.8 cm³/mol. The quantitative estimate of drug-likeness (QED) is 0.846. The number of carbonyl (C=O) groups excluding carboxylic acids is 2. The van der Waals surface area contributed by atoms with E-state index in [0.717, 1.165) is 23.1 Å². The molecule has 0 saturated carbocycles. The molecule has 0 spiro atoms. The van der Waals surface area contributed by atoms with E-state index in [9.17, 15) is 18.4 Å². The Balaban J connectivity index is 1.89. The van der Waals surface area contributed by atoms with Crippen molar-refractivity contribution < 1.29 is 22.9 Å². The fraction of sp³-hybridized carbons (Fsp3) is 0.412. The summed E-state index contributed by atoms with van der Waals surface area (Å²) in [5.74, 6) is -1.74. The Morgan fingerprint density at radius 2 is 1.96 bits per heavy atom. The van der Waals surface area contributed by atoms with E-state index >= 15 is 0 Å². The average molecular weight is 364 g/mol. The summed E-state index contributed by atoms with van der Waals surface area (Å²) in [6.45, 7) is 6.72. The number of amides is 3. The fourth-order valence-electron chi connectivity index (χ4n) is 2.66. The maximum Gasteiger partial charge on any atom is 0.325 e. The fourth-order valence-corrected chi connectivity index (χ4v) is 2.66. The molecular weight excluding hydrogens is 346 g/mol. The molecular formula is C17H18F2N4O3. The summed E-state index contributed by atoms with van der Waals surface area (Å²) < 4.78 is 32.7. The molecule has 1 unspecified atom stereocenters. The van der Waals surface area contributed by atoms with E-state index in [2.05, 4.69) is 15.5 Å². The number of aromatic nitrogens is 2. The molecule has 26 heavy (non-hydrogen) atoms. The van der Waals surface area contributed by atoms with E-state index in [1.807, 2.05) is 20.8 Å². The Morgan fingerprint density at radius 1 is 1.27 bits per heavy atom. The molecule has 1 atom stereocenters. The van der Waals surface area contributed by atoms with Gasteiger partial charge in [0.25, 0.3) is 5.91 Å². The lowest BCUT2D eigenvalue weighted by Gasteiger charge is -2.22. The second-order valence-electron chi connectivity index (χ2n) is 7.33. The normalized spacial score (nSPS) is 20.6. The second-order valence-corrected chi connectivity index (χ2v) is 7.33. The van der Waals surface area contributed by atoms with E-state index in [1.165, 1.54) is 6.92 Å². The largest absolute Gasteiger partial charge is 0.337 e. The first-order valence-electron chi connectivity index (χ1n) is 7.95. The maximum atomic E-state index is 14.1. The highest BCUT2D eigenvalue weighted by Gasteiger charge is 2.50. The summed E-state index contributed by atoms with van der Waals surface area (Å²) in [4.78, 5) is 30.1. The summed E-state index contributed by atoms with van der Waals surface area (Å²) in [5, 5.41) is 6.25. The summed E-state index contributed by atoms with van der Waals surface area (Å²) in [5.41, 5.74) is -2.34. The van der Waals surface area contributed by atoms with Gasteiger partial charge in [-0.15, -0.1) is 0 Å². The molecule has 1 N–H and O–H groups in total. The van der Waals surface area contributed by atoms with Crippen LogP contribution in [0.25, 0.3) is 0 Å². The van der Waals surface area contributed by atoms with E-state index < -0.39 is 29.1 Å². The second kappa shape index (κ2) is 5.86. The minimum atomic E-state index is -1.73. The average Bonchev–Trinajstić information content (AvgIpc) is 3.10. The van der Waals surface area contributed by atoms with Crippen molar-refractivity contribution in [2.24, 2.45) is 0 Å². The van der Waals surface area contributed by atoms with Crippen LogP contribution in [0.1, 0.15) is 45.0 Å². The Bertz CT molecular complexity index is 890. The number of hydrogen-bond acceptors (Lipinski definition) is 5. The molecule has 1 aromatic heterocycles. The number of hydrogen-bond donors (Lipinski definition) is 1. The molecule has 7 nitrogen and oxygen atoms in total. The summed E-state index contributed by atoms with van der Waals surface area (Å²) in [6.07, 6.45) is 0. The van der Waals surface area contributed by atoms with Crippen LogP contribution < -0.4 is 5.32 Å². The van der Waals surface area contributed by atoms with E-state index in [4.69, 9.17) is 4.52 Å². The lowest BCUT2D eigenvalue weighted by Crippen LogP contribution is -2.41. The van der Waals surface area contributed by atoms with Gasteiger partial charge in [-0.3, -0.25) is 9.69 Å². The Kier molecular flexibility index (Phi) is 4.05. The highest BCUT2D eigenvalue weighted by molar-refractivity contribution is 6.07. The van der Waals surface area contributed by atoms with Crippen LogP contribution in [0.3, 0.4) is 0 Å². The van der Waals surface area contributed by atoms with Gasteiger partial charge >= 0.3 is 6.03 Å². The van der Waals surface area contributed by atoms with Crippen molar-refractivity contribution in [3.8, 4) is 0 Å². The number of urea groups is 1. The van der Waals surface area contributed by atoms with Gasteiger partial charge in [-0.05, 0) is 25.1 Å². The zero-order chi connectivity index (χ0) is 19.3. The molecule has 2 heterocycles. The third-order valence-electron chi connectivity index (χ3n) is 4.17. The van der Waals surface area contributed by atoms with Crippen LogP contribution in [0.5, 0.6) is 0 Å². The minimum Gasteiger partial charge on any atom is -0.337 e. The number of nitrogens with one attached hydrogen (secondary N) is 1. The van der Waals surface area contributed by atoms with Gasteiger partial charge in [-0.25, -0.2) is 13.6 Å². The molecule has 1 aromatic carbocycles. The molecule has 9 heteroatoms. The molecule has 3 amide bonds. The lowest BCUT2D eigenvalue weighted by molar-refractivity contribution is -0.131. The van der Waals surface area contributed by atoms with Gasteiger partial charge in [0.05, 0.1) is 0 Å². The first-order valence-corrected chi connectivity index (χ1v) is 7.95. The van der Waals surface area contributed by atoms with Gasteiger partial charge in [-0.2, -0.15) is 4.98 Å². The molecule has 1 saturated heterocycles. The van der Waals surface area contributed by atoms with Crippen LogP contribution >= 0.6 is 0 Å². The van der Waals surface area contributed by atoms with Crippen molar-refractivity contribution in [2.45, 2.75) is 45.2 Å². The van der Waals surface area contributed by atoms with Crippen LogP contribution in [0.4, 0.5) is 13.6 Å². The zero-order valence-electron chi connectivity index (χ0n) is 14.8. The minimum absolute atomic E-state index is 0.0717. The summed E-state index contributed by atoms with van der Waals surface area (Å²) in [6, 6.07) is 1.98. The van der Waals surface area contributed by atoms with Gasteiger partial charge in [0.2, 0.25) is 5.89 Å². The van der Waals surface area contributed by atoms with Crippen LogP contribution in [0.2, 0.25) is 0 Å². The van der Waals surface area contributed by atoms with Crippen molar-refractivity contribution in [3.05, 3.63) is 47.1 Å². The number of benzene rings is 1. The van der Waals surface area contributed by atoms with Crippen molar-refractivity contribution in [2.75, 3.05) is 0 Å². The number of imide groups is 1. The van der Waals surface area contributed by atoms with Crippen molar-refractivity contribution in [3.63, 3.8) is 0 Å². The van der Waals surface area contributed by atoms with E-state index in [0.29, 0.717) is 5.82 Å². The van der Waals surface area contributed by atoms with Crippen LogP contribution in [0, 0.1) is 11.6 Å². The van der Waals surface area contributed by atoms with Gasteiger partial charge < -0.3 is 9.84 Å². The molecule has 3 rings (SSSR count). The topological polar surface area (TPSA) is 88.3 Å². The molecule has 138 valence electrons. The van der Waals surface area contributed by atoms with Crippen LogP contribution in [0.15, 0.2) is 22.7 Å². The lowest BCUT2D eigenvalue weighted by atomic mass is 9.91. The monoisotopic (exact) mass is 364 g/mol. The first-order chi connectivity index (χ1) is 12.0. The first kappa shape index (κ1) is 18.0. The Morgan fingerprint density at radius 3 is 2.58 bits per heavy atom. The van der Waals surface area contributed by atoms with Gasteiger partial charge in [0.15, 0.2) is 5.82 Å². The number of carbonyl (C=O) groups is 2. The smallest absolute Gasteiger partial charge is 0.325 e. The molecule has 1 fully saturated rings. The standard InChI is InChI=1S/C17H18F2N4O3/c1-16(2,3)13-20-12(26-22-13)8-23-14(24)17(4,21-15(23)25)10-7-9(18)5-6-11(10)19/h5-7H,8H2,1-4H3,(H,21,25). The van der Waals surface area contributed by atoms with Crippen molar-refractivity contribution >= 4 is 11.9 Å². The van der Waals surface area contributed by atoms with Gasteiger partial charge in [0, 0.05) is 11.0 Å². The van der Waals surface area contributed by atoms with E-state index in [1.54, 1.807) is 0 Å². The molecule has 0 radical (unpaired) electrons. The van der Waals surface area contributed by atoms with Crippen molar-refractivity contribution in [1.82, 2.24) is 20.4 Å². The summed E-state index contributed by atoms with van der Waals surface area (Å²) >= 11 is 0. The van der Waals surface area contributed by atoms with Gasteiger partial charge in [0.1, 0.15) is 23.7 Å². The number of halogens is 2. The number of rotatable bonds is 3. The molecule has 0 aliphatic carbocycles. The Hall–Kier alpha value is -2.84. The molecule has 1 aliphatic heterocycles. The Labute approximate surface area is 148 Å². The third-order valence-corrected chi connectivity index (χ3v) is 4.17. The van der Waals surface area contributed by atoms with Crippen LogP contribution in [-0.2, 0) is 22.3 Å². The van der Waals surface area contributed by atoms with E-state index in [-0.39, 0.29) is 23.4 Å². The highest BCUT2D eigenvalue weighted by Crippen LogP contribution is 2.32. The molecule has 0 bridgehead atoms. The number of nitrogens with zero attached hydrogens (tertiary/aromatic N) is 3. The van der Waals surface area contributed by atoms with Gasteiger partial charge in [-0.1, -0.05) is 25.9 Å². The zero-order valence-corrected chi connectivity index (χ0v) is 14.8. The maximum absolute atomic E-state index is 14.1. The summed E-state index contributed by atoms with van der Waals surface area (Å²) in [7, 11) is 0. The predicted octanol–water partition coefficient (Wildman–Crippen LogP) is 2.61. The SMILES string of the molecule is CC(C)(C)c1noc(CN2C(=O)NC(C)(c3cc(F)ccc3F)C2=O)n1. The highest BCUT2D eigenvalue weighted by atomic mass is 19.1. The third kappa shape index (κ3) is 2.93. The molecule has 1 aliphatic rings. The molecule has 2 aromatic rings. The van der Waals surface area contributed by atoms with Crippen molar-refractivity contribution in [1.29, 1.82) is 0 Å². The van der Waals surface area contributed by atoms with Crippen LogP contribution in [-0.4, -0.2) is 27.0 Å².